The lowest BCUT2D eigenvalue weighted by molar-refractivity contribution is 0.629. The van der Waals surface area contributed by atoms with Crippen LogP contribution in [0.15, 0.2) is 35.7 Å². The molecule has 0 aliphatic rings. The van der Waals surface area contributed by atoms with E-state index in [4.69, 9.17) is 0 Å². The molecule has 0 aliphatic heterocycles. The summed E-state index contributed by atoms with van der Waals surface area (Å²) in [7, 11) is 1.86. The Morgan fingerprint density at radius 3 is 2.96 bits per heavy atom. The van der Waals surface area contributed by atoms with Crippen LogP contribution in [0.1, 0.15) is 12.7 Å². The van der Waals surface area contributed by atoms with E-state index in [-0.39, 0.29) is 5.82 Å². The van der Waals surface area contributed by atoms with Crippen molar-refractivity contribution in [3.8, 4) is 0 Å². The Morgan fingerprint density at radius 1 is 1.25 bits per heavy atom. The number of fused-ring (bicyclic) bond motifs is 2. The summed E-state index contributed by atoms with van der Waals surface area (Å²) < 4.78 is 17.3. The van der Waals surface area contributed by atoms with E-state index < -0.39 is 0 Å². The van der Waals surface area contributed by atoms with Crippen LogP contribution in [0, 0.1) is 5.82 Å². The van der Waals surface area contributed by atoms with Crippen molar-refractivity contribution in [1.82, 2.24) is 29.3 Å². The number of hydrogen-bond donors (Lipinski definition) is 0. The maximum absolute atomic E-state index is 13.4. The van der Waals surface area contributed by atoms with Crippen molar-refractivity contribution >= 4 is 33.8 Å². The highest BCUT2D eigenvalue weighted by Gasteiger charge is 2.13. The van der Waals surface area contributed by atoms with Crippen LogP contribution in [-0.4, -0.2) is 29.3 Å². The standard InChI is InChI=1S/C16H15FN6S/c1-3-23-13-5-4-10(17)6-12(13)21-14(23)8-24-16-11-7-20-22(2)15(11)18-9-19-16/h4-7,9H,3,8H2,1-2H3. The van der Waals surface area contributed by atoms with Gasteiger partial charge in [-0.15, -0.1) is 0 Å². The first kappa shape index (κ1) is 15.1. The molecular formula is C16H15FN6S. The summed E-state index contributed by atoms with van der Waals surface area (Å²) in [4.78, 5) is 13.2. The zero-order valence-corrected chi connectivity index (χ0v) is 14.1. The van der Waals surface area contributed by atoms with Gasteiger partial charge in [0, 0.05) is 19.7 Å². The third kappa shape index (κ3) is 2.43. The first-order valence-electron chi connectivity index (χ1n) is 7.57. The van der Waals surface area contributed by atoms with Gasteiger partial charge in [0.05, 0.1) is 28.4 Å². The van der Waals surface area contributed by atoms with Crippen LogP contribution in [0.2, 0.25) is 0 Å². The molecule has 0 radical (unpaired) electrons. The molecule has 4 aromatic rings. The largest absolute Gasteiger partial charge is 0.328 e. The van der Waals surface area contributed by atoms with Crippen molar-refractivity contribution in [2.45, 2.75) is 24.2 Å². The van der Waals surface area contributed by atoms with Crippen LogP contribution in [0.5, 0.6) is 0 Å². The van der Waals surface area contributed by atoms with Crippen LogP contribution in [0.4, 0.5) is 4.39 Å². The van der Waals surface area contributed by atoms with Crippen molar-refractivity contribution in [3.63, 3.8) is 0 Å². The minimum Gasteiger partial charge on any atom is -0.328 e. The minimum atomic E-state index is -0.268. The molecule has 24 heavy (non-hydrogen) atoms. The van der Waals surface area contributed by atoms with Gasteiger partial charge in [0.25, 0.3) is 0 Å². The maximum atomic E-state index is 13.4. The Labute approximate surface area is 141 Å². The smallest absolute Gasteiger partial charge is 0.162 e. The van der Waals surface area contributed by atoms with Crippen molar-refractivity contribution in [3.05, 3.63) is 42.4 Å². The summed E-state index contributed by atoms with van der Waals surface area (Å²) in [6, 6.07) is 4.72. The van der Waals surface area contributed by atoms with Crippen molar-refractivity contribution < 1.29 is 4.39 Å². The molecule has 3 heterocycles. The third-order valence-electron chi connectivity index (χ3n) is 3.94. The SMILES string of the molecule is CCn1c(CSc2ncnc3c2cnn3C)nc2cc(F)ccc21. The highest BCUT2D eigenvalue weighted by atomic mass is 32.2. The lowest BCUT2D eigenvalue weighted by Gasteiger charge is -2.06. The first-order valence-corrected chi connectivity index (χ1v) is 8.56. The van der Waals surface area contributed by atoms with Gasteiger partial charge in [-0.3, -0.25) is 4.68 Å². The number of aromatic nitrogens is 6. The van der Waals surface area contributed by atoms with E-state index in [1.165, 1.54) is 12.1 Å². The molecule has 3 aromatic heterocycles. The Hall–Kier alpha value is -2.48. The molecule has 122 valence electrons. The lowest BCUT2D eigenvalue weighted by Crippen LogP contribution is -2.00. The Morgan fingerprint density at radius 2 is 2.12 bits per heavy atom. The van der Waals surface area contributed by atoms with Crippen LogP contribution >= 0.6 is 11.8 Å². The first-order chi connectivity index (χ1) is 11.7. The molecule has 1 aromatic carbocycles. The third-order valence-corrected chi connectivity index (χ3v) is 4.94. The fraction of sp³-hybridized carbons (Fsp3) is 0.250. The van der Waals surface area contributed by atoms with Crippen LogP contribution in [0.3, 0.4) is 0 Å². The Bertz CT molecular complexity index is 1040. The molecule has 4 rings (SSSR count). The quantitative estimate of drug-likeness (QED) is 0.421. The number of aryl methyl sites for hydroxylation is 2. The average molecular weight is 342 g/mol. The molecule has 6 nitrogen and oxygen atoms in total. The average Bonchev–Trinajstić information content (AvgIpc) is 3.13. The van der Waals surface area contributed by atoms with Crippen LogP contribution in [-0.2, 0) is 19.3 Å². The van der Waals surface area contributed by atoms with Gasteiger partial charge in [-0.25, -0.2) is 19.3 Å². The summed E-state index contributed by atoms with van der Waals surface area (Å²) in [6.45, 7) is 2.84. The fourth-order valence-corrected chi connectivity index (χ4v) is 3.71. The molecule has 0 amide bonds. The molecule has 0 N–H and O–H groups in total. The minimum absolute atomic E-state index is 0.268. The molecule has 0 fully saturated rings. The van der Waals surface area contributed by atoms with E-state index in [0.717, 1.165) is 33.9 Å². The van der Waals surface area contributed by atoms with Gasteiger partial charge < -0.3 is 4.57 Å². The molecule has 0 spiro atoms. The number of nitrogens with zero attached hydrogens (tertiary/aromatic N) is 6. The number of thioether (sulfide) groups is 1. The second kappa shape index (κ2) is 5.86. The number of rotatable bonds is 4. The van der Waals surface area contributed by atoms with E-state index in [1.807, 2.05) is 7.05 Å². The predicted molar refractivity (Wildman–Crippen MR) is 91.2 cm³/mol. The molecule has 0 saturated carbocycles. The number of imidazole rings is 1. The number of benzene rings is 1. The second-order valence-electron chi connectivity index (χ2n) is 5.38. The van der Waals surface area contributed by atoms with E-state index in [1.54, 1.807) is 35.0 Å². The van der Waals surface area contributed by atoms with E-state index >= 15 is 0 Å². The summed E-state index contributed by atoms with van der Waals surface area (Å²) in [6.07, 6.45) is 3.32. The summed E-state index contributed by atoms with van der Waals surface area (Å²) >= 11 is 1.58. The summed E-state index contributed by atoms with van der Waals surface area (Å²) in [5, 5.41) is 6.02. The normalized spacial score (nSPS) is 11.6. The zero-order valence-electron chi connectivity index (χ0n) is 13.3. The maximum Gasteiger partial charge on any atom is 0.162 e. The summed E-state index contributed by atoms with van der Waals surface area (Å²) in [5.41, 5.74) is 2.43. The van der Waals surface area contributed by atoms with Crippen molar-refractivity contribution in [2.75, 3.05) is 0 Å². The highest BCUT2D eigenvalue weighted by molar-refractivity contribution is 7.98. The van der Waals surface area contributed by atoms with E-state index in [2.05, 4.69) is 31.5 Å². The van der Waals surface area contributed by atoms with Gasteiger partial charge in [-0.05, 0) is 19.1 Å². The van der Waals surface area contributed by atoms with Gasteiger partial charge >= 0.3 is 0 Å². The Kier molecular flexibility index (Phi) is 3.68. The van der Waals surface area contributed by atoms with Crippen LogP contribution < -0.4 is 0 Å². The van der Waals surface area contributed by atoms with Gasteiger partial charge in [-0.1, -0.05) is 11.8 Å². The van der Waals surface area contributed by atoms with Gasteiger partial charge in [-0.2, -0.15) is 5.10 Å². The topological polar surface area (TPSA) is 61.4 Å². The van der Waals surface area contributed by atoms with Crippen molar-refractivity contribution in [1.29, 1.82) is 0 Å². The zero-order chi connectivity index (χ0) is 16.7. The van der Waals surface area contributed by atoms with Gasteiger partial charge in [0.1, 0.15) is 23.0 Å². The summed E-state index contributed by atoms with van der Waals surface area (Å²) in [5.74, 6) is 1.28. The van der Waals surface area contributed by atoms with Gasteiger partial charge in [0.15, 0.2) is 5.65 Å². The van der Waals surface area contributed by atoms with E-state index in [9.17, 15) is 4.39 Å². The molecule has 0 saturated heterocycles. The monoisotopic (exact) mass is 342 g/mol. The highest BCUT2D eigenvalue weighted by Crippen LogP contribution is 2.28. The Balaban J connectivity index is 1.69. The molecule has 0 atom stereocenters. The fourth-order valence-electron chi connectivity index (χ4n) is 2.80. The molecule has 8 heteroatoms. The molecule has 0 unspecified atom stereocenters. The molecule has 0 aliphatic carbocycles. The van der Waals surface area contributed by atoms with E-state index in [0.29, 0.717) is 11.3 Å². The number of halogens is 1. The molecule has 0 bridgehead atoms. The lowest BCUT2D eigenvalue weighted by atomic mass is 10.3. The number of hydrogen-bond acceptors (Lipinski definition) is 5. The molecular weight excluding hydrogens is 327 g/mol. The van der Waals surface area contributed by atoms with Crippen molar-refractivity contribution in [2.24, 2.45) is 7.05 Å². The van der Waals surface area contributed by atoms with Gasteiger partial charge in [0.2, 0.25) is 0 Å². The van der Waals surface area contributed by atoms with Crippen LogP contribution in [0.25, 0.3) is 22.1 Å². The predicted octanol–water partition coefficient (Wildman–Crippen LogP) is 3.16. The second-order valence-corrected chi connectivity index (χ2v) is 6.34.